The fourth-order valence-corrected chi connectivity index (χ4v) is 1.66. The van der Waals surface area contributed by atoms with Crippen molar-refractivity contribution < 1.29 is 13.2 Å². The molecular weight excluding hydrogens is 227 g/mol. The summed E-state index contributed by atoms with van der Waals surface area (Å²) in [5.41, 5.74) is 5.14. The van der Waals surface area contributed by atoms with Gasteiger partial charge in [-0.2, -0.15) is 0 Å². The zero-order chi connectivity index (χ0) is 11.0. The Bertz CT molecular complexity index is 512. The highest BCUT2D eigenvalue weighted by Gasteiger charge is 2.14. The van der Waals surface area contributed by atoms with Crippen LogP contribution in [-0.2, 0) is 0 Å². The molecule has 0 aliphatic heterocycles. The van der Waals surface area contributed by atoms with Crippen LogP contribution in [0.15, 0.2) is 12.1 Å². The Labute approximate surface area is 86.4 Å². The molecule has 0 unspecified atom stereocenters. The molecule has 78 valence electrons. The molecular formula is C8H4F3N3S. The topological polar surface area (TPSA) is 51.8 Å². The summed E-state index contributed by atoms with van der Waals surface area (Å²) in [5, 5.41) is 7.23. The molecule has 0 bridgehead atoms. The number of nitrogens with two attached hydrogens (primary N) is 1. The second kappa shape index (κ2) is 3.50. The predicted molar refractivity (Wildman–Crippen MR) is 49.6 cm³/mol. The fourth-order valence-electron chi connectivity index (χ4n) is 1.03. The summed E-state index contributed by atoms with van der Waals surface area (Å²) in [4.78, 5) is 0. The van der Waals surface area contributed by atoms with Crippen molar-refractivity contribution in [1.82, 2.24) is 10.2 Å². The van der Waals surface area contributed by atoms with E-state index >= 15 is 0 Å². The van der Waals surface area contributed by atoms with Gasteiger partial charge in [0.1, 0.15) is 5.82 Å². The Hall–Kier alpha value is -1.63. The normalized spacial score (nSPS) is 10.6. The molecule has 0 aliphatic carbocycles. The number of nitrogens with zero attached hydrogens (tertiary/aromatic N) is 2. The number of halogens is 3. The predicted octanol–water partition coefficient (Wildman–Crippen LogP) is 2.20. The highest BCUT2D eigenvalue weighted by Crippen LogP contribution is 2.28. The first-order valence-electron chi connectivity index (χ1n) is 3.82. The summed E-state index contributed by atoms with van der Waals surface area (Å²) in [5.74, 6) is -3.28. The molecule has 1 aromatic carbocycles. The molecule has 3 nitrogen and oxygen atoms in total. The van der Waals surface area contributed by atoms with Crippen LogP contribution in [0.4, 0.5) is 18.3 Å². The molecule has 0 spiro atoms. The number of nitrogen functional groups attached to an aromatic ring is 1. The summed E-state index contributed by atoms with van der Waals surface area (Å²) < 4.78 is 38.7. The van der Waals surface area contributed by atoms with Crippen LogP contribution in [0.3, 0.4) is 0 Å². The summed E-state index contributed by atoms with van der Waals surface area (Å²) >= 11 is 0.896. The van der Waals surface area contributed by atoms with Crippen LogP contribution < -0.4 is 5.73 Å². The Morgan fingerprint density at radius 1 is 1.00 bits per heavy atom. The number of anilines is 1. The van der Waals surface area contributed by atoms with E-state index in [2.05, 4.69) is 10.2 Å². The second-order valence-electron chi connectivity index (χ2n) is 2.69. The molecule has 2 aromatic rings. The number of aromatic nitrogens is 2. The fraction of sp³-hybridized carbons (Fsp3) is 0. The zero-order valence-corrected chi connectivity index (χ0v) is 7.99. The summed E-state index contributed by atoms with van der Waals surface area (Å²) in [6.07, 6.45) is 0. The van der Waals surface area contributed by atoms with E-state index in [1.54, 1.807) is 0 Å². The monoisotopic (exact) mass is 231 g/mol. The molecule has 2 N–H and O–H groups in total. The van der Waals surface area contributed by atoms with E-state index in [1.165, 1.54) is 0 Å². The molecule has 0 fully saturated rings. The third-order valence-corrected chi connectivity index (χ3v) is 2.47. The van der Waals surface area contributed by atoms with Gasteiger partial charge in [-0.25, -0.2) is 13.2 Å². The van der Waals surface area contributed by atoms with Crippen molar-refractivity contribution >= 4 is 16.5 Å². The first-order valence-corrected chi connectivity index (χ1v) is 4.63. The van der Waals surface area contributed by atoms with Crippen molar-refractivity contribution in [3.8, 4) is 10.6 Å². The van der Waals surface area contributed by atoms with Gasteiger partial charge in [0.15, 0.2) is 16.6 Å². The molecule has 2 rings (SSSR count). The molecule has 0 saturated heterocycles. The molecule has 7 heteroatoms. The largest absolute Gasteiger partial charge is 0.374 e. The average Bonchev–Trinajstić information content (AvgIpc) is 2.58. The number of benzene rings is 1. The van der Waals surface area contributed by atoms with Crippen molar-refractivity contribution in [2.24, 2.45) is 0 Å². The number of hydrogen-bond acceptors (Lipinski definition) is 4. The van der Waals surface area contributed by atoms with Crippen molar-refractivity contribution in [1.29, 1.82) is 0 Å². The molecule has 0 atom stereocenters. The molecule has 1 aromatic heterocycles. The van der Waals surface area contributed by atoms with Crippen LogP contribution in [0.5, 0.6) is 0 Å². The van der Waals surface area contributed by atoms with Crippen molar-refractivity contribution in [3.63, 3.8) is 0 Å². The quantitative estimate of drug-likeness (QED) is 0.765. The molecule has 0 aliphatic rings. The second-order valence-corrected chi connectivity index (χ2v) is 3.70. The molecule has 1 heterocycles. The van der Waals surface area contributed by atoms with Gasteiger partial charge in [-0.3, -0.25) is 0 Å². The van der Waals surface area contributed by atoms with Crippen molar-refractivity contribution in [2.45, 2.75) is 0 Å². The maximum absolute atomic E-state index is 13.2. The van der Waals surface area contributed by atoms with E-state index < -0.39 is 17.5 Å². The first kappa shape index (κ1) is 9.91. The highest BCUT2D eigenvalue weighted by atomic mass is 32.1. The van der Waals surface area contributed by atoms with Crippen molar-refractivity contribution in [3.05, 3.63) is 29.6 Å². The van der Waals surface area contributed by atoms with Gasteiger partial charge in [0.05, 0.1) is 5.56 Å². The maximum atomic E-state index is 13.2. The Kier molecular flexibility index (Phi) is 2.31. The lowest BCUT2D eigenvalue weighted by Crippen LogP contribution is -1.90. The summed E-state index contributed by atoms with van der Waals surface area (Å²) in [7, 11) is 0. The van der Waals surface area contributed by atoms with Gasteiger partial charge in [-0.05, 0) is 6.07 Å². The van der Waals surface area contributed by atoms with Crippen LogP contribution in [0.1, 0.15) is 0 Å². The molecule has 0 amide bonds. The minimum Gasteiger partial charge on any atom is -0.374 e. The lowest BCUT2D eigenvalue weighted by molar-refractivity contribution is 0.496. The number of rotatable bonds is 1. The minimum absolute atomic E-state index is 0.115. The van der Waals surface area contributed by atoms with Crippen LogP contribution >= 0.6 is 11.3 Å². The van der Waals surface area contributed by atoms with E-state index in [-0.39, 0.29) is 15.7 Å². The maximum Gasteiger partial charge on any atom is 0.203 e. The van der Waals surface area contributed by atoms with Crippen molar-refractivity contribution in [2.75, 3.05) is 5.73 Å². The van der Waals surface area contributed by atoms with Gasteiger partial charge in [0.2, 0.25) is 5.13 Å². The third kappa shape index (κ3) is 1.78. The van der Waals surface area contributed by atoms with Gasteiger partial charge < -0.3 is 5.73 Å². The minimum atomic E-state index is -1.24. The van der Waals surface area contributed by atoms with E-state index in [0.29, 0.717) is 6.07 Å². The third-order valence-electron chi connectivity index (χ3n) is 1.68. The Morgan fingerprint density at radius 3 is 2.27 bits per heavy atom. The van der Waals surface area contributed by atoms with Crippen LogP contribution in [-0.4, -0.2) is 10.2 Å². The summed E-state index contributed by atoms with van der Waals surface area (Å²) in [6, 6.07) is 1.19. The Balaban J connectivity index is 2.58. The average molecular weight is 231 g/mol. The number of hydrogen-bond donors (Lipinski definition) is 1. The molecule has 0 saturated carbocycles. The molecule has 0 radical (unpaired) electrons. The van der Waals surface area contributed by atoms with Crippen LogP contribution in [0.2, 0.25) is 0 Å². The van der Waals surface area contributed by atoms with E-state index in [4.69, 9.17) is 5.73 Å². The van der Waals surface area contributed by atoms with E-state index in [1.807, 2.05) is 0 Å². The van der Waals surface area contributed by atoms with Gasteiger partial charge in [0, 0.05) is 6.07 Å². The Morgan fingerprint density at radius 2 is 1.67 bits per heavy atom. The first-order chi connectivity index (χ1) is 7.08. The van der Waals surface area contributed by atoms with E-state index in [0.717, 1.165) is 17.4 Å². The summed E-state index contributed by atoms with van der Waals surface area (Å²) in [6.45, 7) is 0. The lowest BCUT2D eigenvalue weighted by atomic mass is 10.2. The van der Waals surface area contributed by atoms with Gasteiger partial charge >= 0.3 is 0 Å². The standard InChI is InChI=1S/C8H4F3N3S/c9-4-2-6(11)5(10)1-3(4)7-13-14-8(12)15-7/h1-2H,(H2,12,14). The molecule has 15 heavy (non-hydrogen) atoms. The van der Waals surface area contributed by atoms with Crippen LogP contribution in [0, 0.1) is 17.5 Å². The lowest BCUT2D eigenvalue weighted by Gasteiger charge is -1.99. The smallest absolute Gasteiger partial charge is 0.203 e. The van der Waals surface area contributed by atoms with Gasteiger partial charge in [0.25, 0.3) is 0 Å². The van der Waals surface area contributed by atoms with E-state index in [9.17, 15) is 13.2 Å². The van der Waals surface area contributed by atoms with Gasteiger partial charge in [-0.1, -0.05) is 11.3 Å². The zero-order valence-electron chi connectivity index (χ0n) is 7.17. The SMILES string of the molecule is Nc1nnc(-c2cc(F)c(F)cc2F)s1. The van der Waals surface area contributed by atoms with Crippen LogP contribution in [0.25, 0.3) is 10.6 Å². The van der Waals surface area contributed by atoms with Gasteiger partial charge in [-0.15, -0.1) is 10.2 Å². The highest BCUT2D eigenvalue weighted by molar-refractivity contribution is 7.18.